The molecule has 0 amide bonds. The van der Waals surface area contributed by atoms with Crippen molar-refractivity contribution in [2.75, 3.05) is 39.6 Å². The van der Waals surface area contributed by atoms with Gasteiger partial charge in [-0.05, 0) is 41.5 Å². The van der Waals surface area contributed by atoms with Crippen molar-refractivity contribution in [3.63, 3.8) is 0 Å². The van der Waals surface area contributed by atoms with Gasteiger partial charge in [-0.2, -0.15) is 0 Å². The number of hydrogen-bond donors (Lipinski definition) is 1. The average Bonchev–Trinajstić information content (AvgIpc) is 2.57. The first-order valence-corrected chi connectivity index (χ1v) is 14.2. The lowest BCUT2D eigenvalue weighted by Crippen LogP contribution is -2.45. The summed E-state index contributed by atoms with van der Waals surface area (Å²) in [6.45, 7) is 20.2. The Bertz CT molecular complexity index is 214. The van der Waals surface area contributed by atoms with E-state index in [9.17, 15) is 0 Å². The topological polar surface area (TPSA) is 90.4 Å². The third-order valence-electron chi connectivity index (χ3n) is 3.30. The van der Waals surface area contributed by atoms with Gasteiger partial charge in [0.25, 0.3) is 0 Å². The van der Waals surface area contributed by atoms with E-state index in [1.54, 1.807) is 0 Å². The van der Waals surface area contributed by atoms with Gasteiger partial charge in [0, 0.05) is 51.7 Å². The van der Waals surface area contributed by atoms with Crippen molar-refractivity contribution in [3.8, 4) is 0 Å². The molecule has 9 heteroatoms. The van der Waals surface area contributed by atoms with Crippen LogP contribution in [-0.2, 0) is 26.6 Å². The van der Waals surface area contributed by atoms with Gasteiger partial charge < -0.3 is 32.7 Å². The average molecular weight is 430 g/mol. The molecule has 0 aliphatic carbocycles. The van der Waals surface area contributed by atoms with Crippen molar-refractivity contribution >= 4 is 17.6 Å². The Kier molecular flexibility index (Phi) is 24.6. The maximum atomic E-state index is 5.65. The molecule has 0 bridgehead atoms. The van der Waals surface area contributed by atoms with E-state index in [2.05, 4.69) is 13.8 Å². The van der Waals surface area contributed by atoms with E-state index in [1.807, 2.05) is 41.5 Å². The SMILES string of the molecule is CCC[Si](OCC)(OCC)OCC.CCC[Si](OCC)(OCC)OCC.N. The minimum Gasteiger partial charge on any atom is -0.374 e. The summed E-state index contributed by atoms with van der Waals surface area (Å²) in [7, 11) is -4.59. The molecule has 7 nitrogen and oxygen atoms in total. The third kappa shape index (κ3) is 14.8. The molecule has 0 saturated carbocycles. The molecule has 0 saturated heterocycles. The van der Waals surface area contributed by atoms with Crippen LogP contribution in [0.4, 0.5) is 0 Å². The summed E-state index contributed by atoms with van der Waals surface area (Å²) in [5.74, 6) is 0. The van der Waals surface area contributed by atoms with Crippen molar-refractivity contribution in [2.24, 2.45) is 0 Å². The molecule has 0 aromatic carbocycles. The van der Waals surface area contributed by atoms with Crippen LogP contribution in [0.2, 0.25) is 12.1 Å². The van der Waals surface area contributed by atoms with Gasteiger partial charge in [-0.15, -0.1) is 0 Å². The first-order chi connectivity index (χ1) is 12.5. The summed E-state index contributed by atoms with van der Waals surface area (Å²) < 4.78 is 33.9. The van der Waals surface area contributed by atoms with Crippen LogP contribution >= 0.6 is 0 Å². The second kappa shape index (κ2) is 20.9. The Morgan fingerprint density at radius 1 is 0.407 bits per heavy atom. The van der Waals surface area contributed by atoms with Gasteiger partial charge in [0.05, 0.1) is 0 Å². The highest BCUT2D eigenvalue weighted by Gasteiger charge is 2.39. The second-order valence-corrected chi connectivity index (χ2v) is 10.9. The monoisotopic (exact) mass is 429 g/mol. The molecule has 0 atom stereocenters. The fourth-order valence-corrected chi connectivity index (χ4v) is 7.84. The zero-order chi connectivity index (χ0) is 20.3. The summed E-state index contributed by atoms with van der Waals surface area (Å²) >= 11 is 0. The van der Waals surface area contributed by atoms with Crippen LogP contribution in [0.25, 0.3) is 0 Å². The molecule has 0 aromatic rings. The molecule has 0 rings (SSSR count). The van der Waals surface area contributed by atoms with E-state index in [-0.39, 0.29) is 6.15 Å². The smallest absolute Gasteiger partial charge is 0.374 e. The van der Waals surface area contributed by atoms with Crippen molar-refractivity contribution < 1.29 is 26.6 Å². The Labute approximate surface area is 170 Å². The van der Waals surface area contributed by atoms with Crippen LogP contribution in [0.5, 0.6) is 0 Å². The Hall–Kier alpha value is 0.154. The van der Waals surface area contributed by atoms with Gasteiger partial charge in [-0.3, -0.25) is 0 Å². The van der Waals surface area contributed by atoms with Gasteiger partial charge in [-0.1, -0.05) is 26.7 Å². The lowest BCUT2D eigenvalue weighted by atomic mass is 10.6. The van der Waals surface area contributed by atoms with Crippen LogP contribution in [0.3, 0.4) is 0 Å². The van der Waals surface area contributed by atoms with Crippen LogP contribution in [0.1, 0.15) is 68.2 Å². The highest BCUT2D eigenvalue weighted by molar-refractivity contribution is 6.61. The summed E-state index contributed by atoms with van der Waals surface area (Å²) in [5, 5.41) is 0. The van der Waals surface area contributed by atoms with Gasteiger partial charge in [-0.25, -0.2) is 0 Å². The van der Waals surface area contributed by atoms with E-state index in [0.29, 0.717) is 39.6 Å². The summed E-state index contributed by atoms with van der Waals surface area (Å²) in [6, 6.07) is 1.84. The summed E-state index contributed by atoms with van der Waals surface area (Å²) in [6.07, 6.45) is 2.10. The fourth-order valence-electron chi connectivity index (χ4n) is 2.61. The molecule has 0 unspecified atom stereocenters. The fraction of sp³-hybridized carbons (Fsp3) is 1.00. The quantitative estimate of drug-likeness (QED) is 0.343. The molecule has 0 fully saturated rings. The molecule has 168 valence electrons. The molecule has 0 heterocycles. The molecular weight excluding hydrogens is 382 g/mol. The number of hydrogen-bond acceptors (Lipinski definition) is 7. The molecule has 0 radical (unpaired) electrons. The molecule has 0 aromatic heterocycles. The third-order valence-corrected chi connectivity index (χ3v) is 9.89. The van der Waals surface area contributed by atoms with Crippen molar-refractivity contribution in [1.82, 2.24) is 6.15 Å². The standard InChI is InChI=1S/2C9H22O3Si.H3N/c2*1-5-9-13(10-6-2,11-7-3)12-8-4;/h2*5-9H2,1-4H3;1H3. The second-order valence-electron chi connectivity index (χ2n) is 5.46. The van der Waals surface area contributed by atoms with Crippen LogP contribution in [0, 0.1) is 0 Å². The highest BCUT2D eigenvalue weighted by Crippen LogP contribution is 2.18. The Morgan fingerprint density at radius 2 is 0.593 bits per heavy atom. The maximum Gasteiger partial charge on any atom is 0.500 e. The van der Waals surface area contributed by atoms with Crippen LogP contribution in [-0.4, -0.2) is 57.3 Å². The van der Waals surface area contributed by atoms with Crippen LogP contribution < -0.4 is 6.15 Å². The summed E-state index contributed by atoms with van der Waals surface area (Å²) in [4.78, 5) is 0. The molecule has 0 aliphatic heterocycles. The predicted molar refractivity (Wildman–Crippen MR) is 116 cm³/mol. The Balaban J connectivity index is -0.000000411. The van der Waals surface area contributed by atoms with E-state index in [4.69, 9.17) is 26.6 Å². The number of rotatable bonds is 16. The summed E-state index contributed by atoms with van der Waals surface area (Å²) in [5.41, 5.74) is 0. The normalized spacial score (nSPS) is 11.6. The molecule has 3 N–H and O–H groups in total. The predicted octanol–water partition coefficient (Wildman–Crippen LogP) is 5.05. The molecular formula is C18H47NO6Si2. The van der Waals surface area contributed by atoms with E-state index < -0.39 is 17.6 Å². The molecule has 0 aliphatic rings. The minimum atomic E-state index is -2.30. The molecule has 0 spiro atoms. The van der Waals surface area contributed by atoms with Crippen LogP contribution in [0.15, 0.2) is 0 Å². The van der Waals surface area contributed by atoms with Crippen molar-refractivity contribution in [1.29, 1.82) is 0 Å². The van der Waals surface area contributed by atoms with Gasteiger partial charge in [0.15, 0.2) is 0 Å². The van der Waals surface area contributed by atoms with E-state index >= 15 is 0 Å². The first-order valence-electron chi connectivity index (χ1n) is 10.3. The van der Waals surface area contributed by atoms with Gasteiger partial charge >= 0.3 is 17.6 Å². The van der Waals surface area contributed by atoms with Gasteiger partial charge in [0.2, 0.25) is 0 Å². The van der Waals surface area contributed by atoms with Gasteiger partial charge in [0.1, 0.15) is 0 Å². The minimum absolute atomic E-state index is 0. The molecule has 27 heavy (non-hydrogen) atoms. The first kappa shape index (κ1) is 31.8. The maximum absolute atomic E-state index is 5.65. The van der Waals surface area contributed by atoms with Crippen molar-refractivity contribution in [2.45, 2.75) is 80.3 Å². The van der Waals surface area contributed by atoms with E-state index in [0.717, 1.165) is 24.9 Å². The zero-order valence-corrected chi connectivity index (χ0v) is 21.2. The largest absolute Gasteiger partial charge is 0.500 e. The van der Waals surface area contributed by atoms with Crippen molar-refractivity contribution in [3.05, 3.63) is 0 Å². The highest BCUT2D eigenvalue weighted by atomic mass is 28.4. The van der Waals surface area contributed by atoms with E-state index in [1.165, 1.54) is 0 Å². The lowest BCUT2D eigenvalue weighted by molar-refractivity contribution is 0.0703. The Morgan fingerprint density at radius 3 is 0.704 bits per heavy atom. The lowest BCUT2D eigenvalue weighted by Gasteiger charge is -2.27. The zero-order valence-electron chi connectivity index (χ0n) is 19.2.